The molecule has 0 heterocycles. The van der Waals surface area contributed by atoms with Gasteiger partial charge in [-0.25, -0.2) is 0 Å². The van der Waals surface area contributed by atoms with Crippen LogP contribution in [-0.2, 0) is 6.42 Å². The lowest BCUT2D eigenvalue weighted by Gasteiger charge is -2.11. The summed E-state index contributed by atoms with van der Waals surface area (Å²) in [5.41, 5.74) is 2.83. The maximum Gasteiger partial charge on any atom is 0.573 e. The third-order valence-electron chi connectivity index (χ3n) is 2.85. The van der Waals surface area contributed by atoms with E-state index in [-0.39, 0.29) is 5.02 Å². The van der Waals surface area contributed by atoms with Crippen LogP contribution in [0.4, 0.5) is 13.2 Å². The minimum absolute atomic E-state index is 0.0700. The van der Waals surface area contributed by atoms with Crippen LogP contribution in [0, 0.1) is 0 Å². The normalized spacial score (nSPS) is 11.4. The maximum absolute atomic E-state index is 12.1. The summed E-state index contributed by atoms with van der Waals surface area (Å²) in [6.45, 7) is 2.05. The average Bonchev–Trinajstić information content (AvgIpc) is 2.40. The molecule has 0 aliphatic carbocycles. The Morgan fingerprint density at radius 1 is 1.00 bits per heavy atom. The molecule has 1 nitrogen and oxygen atoms in total. The zero-order chi connectivity index (χ0) is 14.8. The largest absolute Gasteiger partial charge is 0.573 e. The summed E-state index contributed by atoms with van der Waals surface area (Å²) >= 11 is 5.82. The number of alkyl halides is 3. The molecule has 2 rings (SSSR count). The first kappa shape index (κ1) is 14.7. The summed E-state index contributed by atoms with van der Waals surface area (Å²) in [7, 11) is 0. The van der Waals surface area contributed by atoms with E-state index in [1.165, 1.54) is 17.7 Å². The van der Waals surface area contributed by atoms with Crippen molar-refractivity contribution in [1.82, 2.24) is 0 Å². The van der Waals surface area contributed by atoms with E-state index >= 15 is 0 Å². The van der Waals surface area contributed by atoms with Crippen LogP contribution >= 0.6 is 11.6 Å². The third kappa shape index (κ3) is 3.67. The Balaban J connectivity index is 2.28. The first-order valence-electron chi connectivity index (χ1n) is 6.03. The van der Waals surface area contributed by atoms with Gasteiger partial charge in [0.25, 0.3) is 0 Å². The standard InChI is InChI=1S/C15H12ClF3O/c1-2-10-3-5-11(6-4-10)12-7-8-14(13(16)9-12)20-15(17,18)19/h3-9H,2H2,1H3. The summed E-state index contributed by atoms with van der Waals surface area (Å²) in [6.07, 6.45) is -3.81. The highest BCUT2D eigenvalue weighted by molar-refractivity contribution is 6.32. The monoisotopic (exact) mass is 300 g/mol. The number of rotatable bonds is 3. The molecule has 0 aliphatic rings. The third-order valence-corrected chi connectivity index (χ3v) is 3.15. The van der Waals surface area contributed by atoms with Crippen molar-refractivity contribution in [2.75, 3.05) is 0 Å². The summed E-state index contributed by atoms with van der Waals surface area (Å²) in [5, 5.41) is -0.0700. The zero-order valence-electron chi connectivity index (χ0n) is 10.7. The van der Waals surface area contributed by atoms with Crippen LogP contribution in [0.3, 0.4) is 0 Å². The lowest BCUT2D eigenvalue weighted by atomic mass is 10.0. The molecular weight excluding hydrogens is 289 g/mol. The fourth-order valence-corrected chi connectivity index (χ4v) is 2.04. The minimum Gasteiger partial charge on any atom is -0.404 e. The van der Waals surface area contributed by atoms with Crippen LogP contribution in [-0.4, -0.2) is 6.36 Å². The van der Waals surface area contributed by atoms with Crippen molar-refractivity contribution < 1.29 is 17.9 Å². The first-order valence-corrected chi connectivity index (χ1v) is 6.41. The average molecular weight is 301 g/mol. The van der Waals surface area contributed by atoms with Crippen molar-refractivity contribution in [3.63, 3.8) is 0 Å². The quantitative estimate of drug-likeness (QED) is 0.730. The Labute approximate surface area is 119 Å². The molecule has 5 heteroatoms. The van der Waals surface area contributed by atoms with Crippen molar-refractivity contribution in [3.05, 3.63) is 53.1 Å². The summed E-state index contributed by atoms with van der Waals surface area (Å²) in [5.74, 6) is -0.395. The van der Waals surface area contributed by atoms with Gasteiger partial charge in [-0.2, -0.15) is 0 Å². The van der Waals surface area contributed by atoms with Crippen molar-refractivity contribution in [2.45, 2.75) is 19.7 Å². The first-order chi connectivity index (χ1) is 9.39. The number of benzene rings is 2. The molecule has 0 fully saturated rings. The fourth-order valence-electron chi connectivity index (χ4n) is 1.82. The van der Waals surface area contributed by atoms with Crippen LogP contribution in [0.15, 0.2) is 42.5 Å². The van der Waals surface area contributed by atoms with Crippen LogP contribution in [0.5, 0.6) is 5.75 Å². The topological polar surface area (TPSA) is 9.23 Å². The molecule has 2 aromatic carbocycles. The molecule has 0 unspecified atom stereocenters. The van der Waals surface area contributed by atoms with Gasteiger partial charge in [0.1, 0.15) is 5.75 Å². The van der Waals surface area contributed by atoms with E-state index in [0.717, 1.165) is 17.5 Å². The van der Waals surface area contributed by atoms with Gasteiger partial charge in [0, 0.05) is 0 Å². The van der Waals surface area contributed by atoms with E-state index in [1.54, 1.807) is 6.07 Å². The number of aryl methyl sites for hydroxylation is 1. The zero-order valence-corrected chi connectivity index (χ0v) is 11.4. The molecule has 0 amide bonds. The van der Waals surface area contributed by atoms with Crippen molar-refractivity contribution in [3.8, 4) is 16.9 Å². The highest BCUT2D eigenvalue weighted by atomic mass is 35.5. The lowest BCUT2D eigenvalue weighted by molar-refractivity contribution is -0.274. The highest BCUT2D eigenvalue weighted by Gasteiger charge is 2.32. The Morgan fingerprint density at radius 2 is 1.60 bits per heavy atom. The number of hydrogen-bond acceptors (Lipinski definition) is 1. The van der Waals surface area contributed by atoms with Gasteiger partial charge in [0.15, 0.2) is 0 Å². The Hall–Kier alpha value is -1.68. The SMILES string of the molecule is CCc1ccc(-c2ccc(OC(F)(F)F)c(Cl)c2)cc1. The second-order valence-corrected chi connectivity index (χ2v) is 4.65. The van der Waals surface area contributed by atoms with Gasteiger partial charge in [-0.3, -0.25) is 0 Å². The van der Waals surface area contributed by atoms with Gasteiger partial charge in [-0.1, -0.05) is 48.9 Å². The molecule has 2 aromatic rings. The van der Waals surface area contributed by atoms with Gasteiger partial charge in [-0.05, 0) is 35.2 Å². The smallest absolute Gasteiger partial charge is 0.404 e. The van der Waals surface area contributed by atoms with E-state index in [2.05, 4.69) is 11.7 Å². The second kappa shape index (κ2) is 5.75. The minimum atomic E-state index is -4.74. The van der Waals surface area contributed by atoms with Gasteiger partial charge in [0.2, 0.25) is 0 Å². The van der Waals surface area contributed by atoms with Crippen LogP contribution < -0.4 is 4.74 Å². The Morgan fingerprint density at radius 3 is 2.10 bits per heavy atom. The molecule has 0 aliphatic heterocycles. The van der Waals surface area contributed by atoms with Crippen LogP contribution in [0.1, 0.15) is 12.5 Å². The summed E-state index contributed by atoms with van der Waals surface area (Å²) < 4.78 is 40.3. The van der Waals surface area contributed by atoms with E-state index in [9.17, 15) is 13.2 Å². The Kier molecular flexibility index (Phi) is 4.23. The number of ether oxygens (including phenoxy) is 1. The molecular formula is C15H12ClF3O. The van der Waals surface area contributed by atoms with E-state index in [4.69, 9.17) is 11.6 Å². The molecule has 106 valence electrons. The fraction of sp³-hybridized carbons (Fsp3) is 0.200. The predicted molar refractivity (Wildman–Crippen MR) is 72.9 cm³/mol. The van der Waals surface area contributed by atoms with Gasteiger partial charge >= 0.3 is 6.36 Å². The summed E-state index contributed by atoms with van der Waals surface area (Å²) in [4.78, 5) is 0. The molecule has 0 saturated carbocycles. The van der Waals surface area contributed by atoms with E-state index < -0.39 is 12.1 Å². The predicted octanol–water partition coefficient (Wildman–Crippen LogP) is 5.47. The van der Waals surface area contributed by atoms with Crippen molar-refractivity contribution in [1.29, 1.82) is 0 Å². The number of hydrogen-bond donors (Lipinski definition) is 0. The van der Waals surface area contributed by atoms with Crippen molar-refractivity contribution in [2.24, 2.45) is 0 Å². The van der Waals surface area contributed by atoms with Gasteiger partial charge in [-0.15, -0.1) is 13.2 Å². The molecule has 0 aromatic heterocycles. The molecule has 0 saturated heterocycles. The van der Waals surface area contributed by atoms with Crippen LogP contribution in [0.2, 0.25) is 5.02 Å². The maximum atomic E-state index is 12.1. The highest BCUT2D eigenvalue weighted by Crippen LogP contribution is 2.33. The van der Waals surface area contributed by atoms with Crippen LogP contribution in [0.25, 0.3) is 11.1 Å². The Bertz CT molecular complexity index is 591. The number of halogens is 4. The molecule has 0 spiro atoms. The van der Waals surface area contributed by atoms with Crippen molar-refractivity contribution >= 4 is 11.6 Å². The van der Waals surface area contributed by atoms with E-state index in [0.29, 0.717) is 0 Å². The molecule has 0 atom stereocenters. The molecule has 20 heavy (non-hydrogen) atoms. The second-order valence-electron chi connectivity index (χ2n) is 4.24. The van der Waals surface area contributed by atoms with Gasteiger partial charge in [0.05, 0.1) is 5.02 Å². The summed E-state index contributed by atoms with van der Waals surface area (Å²) in [6, 6.07) is 12.0. The molecule has 0 radical (unpaired) electrons. The molecule has 0 bridgehead atoms. The molecule has 0 N–H and O–H groups in total. The lowest BCUT2D eigenvalue weighted by Crippen LogP contribution is -2.17. The van der Waals surface area contributed by atoms with E-state index in [1.807, 2.05) is 24.3 Å². The van der Waals surface area contributed by atoms with Gasteiger partial charge < -0.3 is 4.74 Å².